The summed E-state index contributed by atoms with van der Waals surface area (Å²) in [6, 6.07) is 12.7. The normalized spacial score (nSPS) is 12.2. The maximum absolute atomic E-state index is 6.20. The fourth-order valence-electron chi connectivity index (χ4n) is 3.28. The Bertz CT molecular complexity index is 1100. The monoisotopic (exact) mass is 331 g/mol. The van der Waals surface area contributed by atoms with Gasteiger partial charge in [0.1, 0.15) is 17.8 Å². The number of hydrogen-bond acceptors (Lipinski definition) is 4. The summed E-state index contributed by atoms with van der Waals surface area (Å²) in [6.07, 6.45) is 1.50. The Hall–Kier alpha value is -2.95. The second-order valence-electron chi connectivity index (χ2n) is 7.40. The van der Waals surface area contributed by atoms with E-state index in [0.29, 0.717) is 5.82 Å². The molecule has 0 saturated heterocycles. The molecule has 5 nitrogen and oxygen atoms in total. The largest absolute Gasteiger partial charge is 0.383 e. The molecule has 0 atom stereocenters. The van der Waals surface area contributed by atoms with Crippen LogP contribution in [0.4, 0.5) is 5.82 Å². The Kier molecular flexibility index (Phi) is 3.29. The summed E-state index contributed by atoms with van der Waals surface area (Å²) < 4.78 is 1.93. The molecule has 0 aliphatic carbocycles. The number of nitrogens with two attached hydrogens (primary N) is 1. The van der Waals surface area contributed by atoms with Gasteiger partial charge >= 0.3 is 0 Å². The molecule has 0 radical (unpaired) electrons. The van der Waals surface area contributed by atoms with Gasteiger partial charge in [-0.05, 0) is 56.2 Å². The summed E-state index contributed by atoms with van der Waals surface area (Å²) >= 11 is 0. The predicted molar refractivity (Wildman–Crippen MR) is 102 cm³/mol. The Balaban J connectivity index is 2.08. The number of aromatic nitrogens is 4. The molecular weight excluding hydrogens is 310 g/mol. The maximum Gasteiger partial charge on any atom is 0.164 e. The van der Waals surface area contributed by atoms with Gasteiger partial charge in [-0.3, -0.25) is 0 Å². The van der Waals surface area contributed by atoms with E-state index in [9.17, 15) is 0 Å². The van der Waals surface area contributed by atoms with Crippen molar-refractivity contribution in [3.8, 4) is 11.3 Å². The molecular formula is C20H21N5. The Morgan fingerprint density at radius 2 is 1.80 bits per heavy atom. The number of benzene rings is 2. The minimum atomic E-state index is -0.205. The lowest BCUT2D eigenvalue weighted by Crippen LogP contribution is -2.23. The average Bonchev–Trinajstić information content (AvgIpc) is 2.96. The second-order valence-corrected chi connectivity index (χ2v) is 7.40. The molecule has 2 heterocycles. The molecule has 0 fully saturated rings. The van der Waals surface area contributed by atoms with Gasteiger partial charge in [0, 0.05) is 5.56 Å². The molecule has 0 aliphatic rings. The summed E-state index contributed by atoms with van der Waals surface area (Å²) in [5.41, 5.74) is 9.83. The minimum Gasteiger partial charge on any atom is -0.383 e. The quantitative estimate of drug-likeness (QED) is 0.565. The molecule has 5 heteroatoms. The van der Waals surface area contributed by atoms with E-state index in [2.05, 4.69) is 74.1 Å². The smallest absolute Gasteiger partial charge is 0.164 e. The van der Waals surface area contributed by atoms with Crippen molar-refractivity contribution < 1.29 is 0 Å². The van der Waals surface area contributed by atoms with Crippen molar-refractivity contribution in [1.29, 1.82) is 0 Å². The van der Waals surface area contributed by atoms with Crippen LogP contribution in [0.3, 0.4) is 0 Å². The van der Waals surface area contributed by atoms with Crippen LogP contribution in [0, 0.1) is 6.92 Å². The van der Waals surface area contributed by atoms with Gasteiger partial charge in [-0.25, -0.2) is 14.6 Å². The summed E-state index contributed by atoms with van der Waals surface area (Å²) in [4.78, 5) is 8.64. The van der Waals surface area contributed by atoms with Gasteiger partial charge in [0.15, 0.2) is 5.65 Å². The van der Waals surface area contributed by atoms with Crippen LogP contribution in [-0.2, 0) is 5.54 Å². The Labute approximate surface area is 146 Å². The van der Waals surface area contributed by atoms with Gasteiger partial charge in [-0.15, -0.1) is 0 Å². The third-order valence-corrected chi connectivity index (χ3v) is 4.47. The number of hydrogen-bond donors (Lipinski definition) is 1. The highest BCUT2D eigenvalue weighted by Gasteiger charge is 2.24. The fraction of sp³-hybridized carbons (Fsp3) is 0.250. The van der Waals surface area contributed by atoms with Gasteiger partial charge in [0.05, 0.1) is 10.9 Å². The van der Waals surface area contributed by atoms with E-state index in [1.54, 1.807) is 0 Å². The first kappa shape index (κ1) is 15.6. The van der Waals surface area contributed by atoms with E-state index in [0.717, 1.165) is 22.3 Å². The van der Waals surface area contributed by atoms with Crippen LogP contribution in [0.5, 0.6) is 0 Å². The van der Waals surface area contributed by atoms with Crippen molar-refractivity contribution >= 4 is 27.6 Å². The summed E-state index contributed by atoms with van der Waals surface area (Å²) in [6.45, 7) is 8.43. The number of fused-ring (bicyclic) bond motifs is 2. The van der Waals surface area contributed by atoms with Crippen LogP contribution in [0.15, 0.2) is 42.7 Å². The zero-order valence-corrected chi connectivity index (χ0v) is 14.9. The van der Waals surface area contributed by atoms with Crippen LogP contribution in [-0.4, -0.2) is 19.7 Å². The molecule has 25 heavy (non-hydrogen) atoms. The van der Waals surface area contributed by atoms with Crippen molar-refractivity contribution in [3.63, 3.8) is 0 Å². The molecule has 2 aromatic heterocycles. The lowest BCUT2D eigenvalue weighted by molar-refractivity contribution is 0.367. The highest BCUT2D eigenvalue weighted by atomic mass is 15.3. The van der Waals surface area contributed by atoms with Gasteiger partial charge in [-0.2, -0.15) is 5.10 Å². The molecule has 4 aromatic rings. The Morgan fingerprint density at radius 3 is 2.56 bits per heavy atom. The van der Waals surface area contributed by atoms with E-state index in [4.69, 9.17) is 10.8 Å². The fourth-order valence-corrected chi connectivity index (χ4v) is 3.28. The standard InChI is InChI=1S/C20H21N5/c1-12-9-14(10-13-7-5-6-8-15(12)13)17-16-18(21)22-11-23-19(16)25(24-17)20(2,3)4/h5-11H,1-4H3,(H2,21,22,23). The third kappa shape index (κ3) is 2.43. The molecule has 2 N–H and O–H groups in total. The topological polar surface area (TPSA) is 69.6 Å². The number of nitrogens with zero attached hydrogens (tertiary/aromatic N) is 4. The first-order valence-electron chi connectivity index (χ1n) is 8.36. The zero-order chi connectivity index (χ0) is 17.8. The molecule has 126 valence electrons. The maximum atomic E-state index is 6.20. The van der Waals surface area contributed by atoms with Crippen LogP contribution >= 0.6 is 0 Å². The molecule has 0 spiro atoms. The van der Waals surface area contributed by atoms with Crippen molar-refractivity contribution in [2.45, 2.75) is 33.2 Å². The molecule has 2 aromatic carbocycles. The highest BCUT2D eigenvalue weighted by molar-refractivity contribution is 6.00. The molecule has 0 amide bonds. The first-order chi connectivity index (χ1) is 11.9. The van der Waals surface area contributed by atoms with E-state index < -0.39 is 0 Å². The van der Waals surface area contributed by atoms with Crippen molar-refractivity contribution in [1.82, 2.24) is 19.7 Å². The summed E-state index contributed by atoms with van der Waals surface area (Å²) in [7, 11) is 0. The number of rotatable bonds is 1. The van der Waals surface area contributed by atoms with E-state index in [1.165, 1.54) is 22.7 Å². The minimum absolute atomic E-state index is 0.205. The van der Waals surface area contributed by atoms with Crippen molar-refractivity contribution in [2.24, 2.45) is 0 Å². The van der Waals surface area contributed by atoms with Crippen molar-refractivity contribution in [3.05, 3.63) is 48.3 Å². The van der Waals surface area contributed by atoms with Crippen molar-refractivity contribution in [2.75, 3.05) is 5.73 Å². The van der Waals surface area contributed by atoms with E-state index >= 15 is 0 Å². The predicted octanol–water partition coefficient (Wildman–Crippen LogP) is 4.29. The zero-order valence-electron chi connectivity index (χ0n) is 14.9. The number of nitrogen functional groups attached to an aromatic ring is 1. The summed E-state index contributed by atoms with van der Waals surface area (Å²) in [5, 5.41) is 8.12. The molecule has 0 unspecified atom stereocenters. The Morgan fingerprint density at radius 1 is 1.04 bits per heavy atom. The lowest BCUT2D eigenvalue weighted by atomic mass is 9.99. The van der Waals surface area contributed by atoms with Gasteiger partial charge in [0.2, 0.25) is 0 Å². The third-order valence-electron chi connectivity index (χ3n) is 4.47. The molecule has 4 rings (SSSR count). The second kappa shape index (κ2) is 5.28. The average molecular weight is 331 g/mol. The van der Waals surface area contributed by atoms with Gasteiger partial charge < -0.3 is 5.73 Å². The molecule has 0 bridgehead atoms. The first-order valence-corrected chi connectivity index (χ1v) is 8.36. The van der Waals surface area contributed by atoms with Crippen LogP contribution in [0.25, 0.3) is 33.1 Å². The van der Waals surface area contributed by atoms with E-state index in [-0.39, 0.29) is 5.54 Å². The lowest BCUT2D eigenvalue weighted by Gasteiger charge is -2.19. The van der Waals surface area contributed by atoms with Gasteiger partial charge in [0.25, 0.3) is 0 Å². The SMILES string of the molecule is Cc1cc(-c2nn(C(C)(C)C)c3ncnc(N)c23)cc2ccccc12. The number of anilines is 1. The van der Waals surface area contributed by atoms with Crippen LogP contribution in [0.2, 0.25) is 0 Å². The molecule has 0 aliphatic heterocycles. The van der Waals surface area contributed by atoms with E-state index in [1.807, 2.05) is 4.68 Å². The molecule has 0 saturated carbocycles. The van der Waals surface area contributed by atoms with Crippen LogP contribution < -0.4 is 5.73 Å². The number of aryl methyl sites for hydroxylation is 1. The van der Waals surface area contributed by atoms with Gasteiger partial charge in [-0.1, -0.05) is 24.3 Å². The van der Waals surface area contributed by atoms with Crippen LogP contribution in [0.1, 0.15) is 26.3 Å². The summed E-state index contributed by atoms with van der Waals surface area (Å²) in [5.74, 6) is 0.460. The highest BCUT2D eigenvalue weighted by Crippen LogP contribution is 2.35.